The zero-order chi connectivity index (χ0) is 12.0. The van der Waals surface area contributed by atoms with Crippen molar-refractivity contribution in [2.45, 2.75) is 51.7 Å². The molecule has 4 heteroatoms. The summed E-state index contributed by atoms with van der Waals surface area (Å²) < 4.78 is 6.24. The second-order valence-corrected chi connectivity index (χ2v) is 9.21. The molecule has 1 atom stereocenters. The van der Waals surface area contributed by atoms with Crippen LogP contribution in [0, 0.1) is 0 Å². The zero-order valence-corrected chi connectivity index (χ0v) is 11.9. The molecule has 0 bridgehead atoms. The molecule has 16 heavy (non-hydrogen) atoms. The molecule has 92 valence electrons. The lowest BCUT2D eigenvalue weighted by atomic mass is 10.2. The fourth-order valence-electron chi connectivity index (χ4n) is 1.98. The minimum Gasteiger partial charge on any atom is -0.416 e. The van der Waals surface area contributed by atoms with Gasteiger partial charge in [-0.1, -0.05) is 27.7 Å². The van der Waals surface area contributed by atoms with Gasteiger partial charge >= 0.3 is 0 Å². The van der Waals surface area contributed by atoms with Crippen molar-refractivity contribution in [3.8, 4) is 0 Å². The van der Waals surface area contributed by atoms with E-state index in [1.165, 1.54) is 18.1 Å². The summed E-state index contributed by atoms with van der Waals surface area (Å²) in [6.45, 7) is 9.75. The van der Waals surface area contributed by atoms with E-state index in [-0.39, 0.29) is 0 Å². The van der Waals surface area contributed by atoms with E-state index in [9.17, 15) is 0 Å². The fraction of sp³-hybridized carbons (Fsp3) is 0.750. The van der Waals surface area contributed by atoms with Crippen LogP contribution >= 0.6 is 0 Å². The molecule has 1 heterocycles. The van der Waals surface area contributed by atoms with Crippen molar-refractivity contribution in [3.05, 3.63) is 18.2 Å². The number of hydrogen-bond donors (Lipinski definition) is 1. The summed E-state index contributed by atoms with van der Waals surface area (Å²) in [4.78, 5) is 7.43. The molecule has 1 aromatic heterocycles. The smallest absolute Gasteiger partial charge is 0.192 e. The van der Waals surface area contributed by atoms with Crippen LogP contribution in [0.4, 0.5) is 0 Å². The Hall–Kier alpha value is -0.613. The van der Waals surface area contributed by atoms with Crippen molar-refractivity contribution in [1.29, 1.82) is 0 Å². The summed E-state index contributed by atoms with van der Waals surface area (Å²) in [6.07, 6.45) is 3.67. The monoisotopic (exact) mass is 240 g/mol. The van der Waals surface area contributed by atoms with E-state index < -0.39 is 8.32 Å². The summed E-state index contributed by atoms with van der Waals surface area (Å²) in [5.41, 5.74) is 0. The molecule has 3 nitrogen and oxygen atoms in total. The van der Waals surface area contributed by atoms with Gasteiger partial charge in [-0.25, -0.2) is 4.98 Å². The standard InChI is InChI=1S/C12H24N2OSi/c1-5-16(6-2,7-3)15-10-11(4)12-13-8-9-14-12/h8-9,11H,5-7,10H2,1-4H3,(H,13,14). The third-order valence-corrected chi connectivity index (χ3v) is 8.20. The van der Waals surface area contributed by atoms with E-state index in [4.69, 9.17) is 4.43 Å². The van der Waals surface area contributed by atoms with Crippen molar-refractivity contribution in [2.24, 2.45) is 0 Å². The lowest BCUT2D eigenvalue weighted by Gasteiger charge is -2.29. The molecule has 1 N–H and O–H groups in total. The number of rotatable bonds is 7. The first-order chi connectivity index (χ1) is 7.67. The normalized spacial score (nSPS) is 14.0. The number of nitrogens with zero attached hydrogens (tertiary/aromatic N) is 1. The third-order valence-electron chi connectivity index (χ3n) is 3.56. The Morgan fingerprint density at radius 2 is 1.94 bits per heavy atom. The molecular weight excluding hydrogens is 216 g/mol. The van der Waals surface area contributed by atoms with Gasteiger partial charge in [0.05, 0.1) is 0 Å². The highest BCUT2D eigenvalue weighted by Gasteiger charge is 2.29. The van der Waals surface area contributed by atoms with E-state index in [1.807, 2.05) is 6.20 Å². The summed E-state index contributed by atoms with van der Waals surface area (Å²) in [5, 5.41) is 0. The number of aromatic amines is 1. The summed E-state index contributed by atoms with van der Waals surface area (Å²) in [7, 11) is -1.43. The lowest BCUT2D eigenvalue weighted by molar-refractivity contribution is 0.275. The molecule has 0 spiro atoms. The van der Waals surface area contributed by atoms with E-state index in [1.54, 1.807) is 6.20 Å². The SMILES string of the molecule is CC[Si](CC)(CC)OCC(C)c1ncc[nH]1. The molecule has 1 rings (SSSR count). The van der Waals surface area contributed by atoms with E-state index in [0.29, 0.717) is 5.92 Å². The predicted octanol–water partition coefficient (Wildman–Crippen LogP) is 3.54. The van der Waals surface area contributed by atoms with Crippen LogP contribution in [0.5, 0.6) is 0 Å². The van der Waals surface area contributed by atoms with Crippen LogP contribution in [-0.4, -0.2) is 24.9 Å². The van der Waals surface area contributed by atoms with Gasteiger partial charge in [0.25, 0.3) is 0 Å². The molecular formula is C12H24N2OSi. The first kappa shape index (κ1) is 13.5. The molecule has 0 radical (unpaired) electrons. The Morgan fingerprint density at radius 1 is 1.31 bits per heavy atom. The van der Waals surface area contributed by atoms with Gasteiger partial charge in [-0.15, -0.1) is 0 Å². The van der Waals surface area contributed by atoms with Gasteiger partial charge in [0, 0.05) is 24.9 Å². The lowest BCUT2D eigenvalue weighted by Crippen LogP contribution is -2.37. The van der Waals surface area contributed by atoms with Crippen LogP contribution in [0.2, 0.25) is 18.1 Å². The molecule has 0 fully saturated rings. The Kier molecular flexibility index (Phi) is 5.22. The molecule has 0 saturated heterocycles. The highest BCUT2D eigenvalue weighted by Crippen LogP contribution is 2.23. The Morgan fingerprint density at radius 3 is 2.38 bits per heavy atom. The maximum atomic E-state index is 6.24. The second-order valence-electron chi connectivity index (χ2n) is 4.43. The number of H-pyrrole nitrogens is 1. The molecule has 0 aromatic carbocycles. The summed E-state index contributed by atoms with van der Waals surface area (Å²) >= 11 is 0. The van der Waals surface area contributed by atoms with Crippen molar-refractivity contribution >= 4 is 8.32 Å². The Balaban J connectivity index is 2.49. The van der Waals surface area contributed by atoms with Gasteiger partial charge in [0.15, 0.2) is 8.32 Å². The van der Waals surface area contributed by atoms with Crippen LogP contribution in [-0.2, 0) is 4.43 Å². The van der Waals surface area contributed by atoms with E-state index >= 15 is 0 Å². The first-order valence-corrected chi connectivity index (χ1v) is 8.83. The number of hydrogen-bond acceptors (Lipinski definition) is 2. The fourth-order valence-corrected chi connectivity index (χ4v) is 4.70. The highest BCUT2D eigenvalue weighted by molar-refractivity contribution is 6.73. The van der Waals surface area contributed by atoms with E-state index in [2.05, 4.69) is 37.7 Å². The Labute approximate surface area is 99.8 Å². The number of imidazole rings is 1. The highest BCUT2D eigenvalue weighted by atomic mass is 28.4. The maximum Gasteiger partial charge on any atom is 0.192 e. The third kappa shape index (κ3) is 3.19. The van der Waals surface area contributed by atoms with Crippen LogP contribution in [0.1, 0.15) is 39.4 Å². The van der Waals surface area contributed by atoms with Gasteiger partial charge in [-0.3, -0.25) is 0 Å². The van der Waals surface area contributed by atoms with Crippen molar-refractivity contribution in [2.75, 3.05) is 6.61 Å². The maximum absolute atomic E-state index is 6.24. The number of aromatic nitrogens is 2. The van der Waals surface area contributed by atoms with Crippen LogP contribution < -0.4 is 0 Å². The molecule has 0 saturated carbocycles. The molecule has 0 aliphatic rings. The first-order valence-electron chi connectivity index (χ1n) is 6.30. The quantitative estimate of drug-likeness (QED) is 0.740. The van der Waals surface area contributed by atoms with Gasteiger partial charge in [-0.2, -0.15) is 0 Å². The molecule has 0 aliphatic heterocycles. The van der Waals surface area contributed by atoms with Crippen LogP contribution in [0.3, 0.4) is 0 Å². The van der Waals surface area contributed by atoms with Crippen LogP contribution in [0.25, 0.3) is 0 Å². The van der Waals surface area contributed by atoms with Gasteiger partial charge < -0.3 is 9.41 Å². The average Bonchev–Trinajstić information content (AvgIpc) is 2.85. The minimum atomic E-state index is -1.43. The van der Waals surface area contributed by atoms with Crippen molar-refractivity contribution in [3.63, 3.8) is 0 Å². The average molecular weight is 240 g/mol. The second kappa shape index (κ2) is 6.20. The summed E-state index contributed by atoms with van der Waals surface area (Å²) in [6, 6.07) is 3.64. The number of nitrogens with one attached hydrogen (secondary N) is 1. The minimum absolute atomic E-state index is 0.367. The van der Waals surface area contributed by atoms with E-state index in [0.717, 1.165) is 12.4 Å². The molecule has 0 amide bonds. The zero-order valence-electron chi connectivity index (χ0n) is 10.9. The molecule has 0 aliphatic carbocycles. The molecule has 1 aromatic rings. The van der Waals surface area contributed by atoms with Crippen molar-refractivity contribution < 1.29 is 4.43 Å². The van der Waals surface area contributed by atoms with Gasteiger partial charge in [0.2, 0.25) is 0 Å². The Bertz CT molecular complexity index is 275. The predicted molar refractivity (Wildman–Crippen MR) is 70.2 cm³/mol. The largest absolute Gasteiger partial charge is 0.416 e. The van der Waals surface area contributed by atoms with Gasteiger partial charge in [-0.05, 0) is 18.1 Å². The summed E-state index contributed by atoms with van der Waals surface area (Å²) in [5.74, 6) is 1.40. The van der Waals surface area contributed by atoms with Crippen molar-refractivity contribution in [1.82, 2.24) is 9.97 Å². The topological polar surface area (TPSA) is 37.9 Å². The van der Waals surface area contributed by atoms with Gasteiger partial charge in [0.1, 0.15) is 5.82 Å². The van der Waals surface area contributed by atoms with Crippen LogP contribution in [0.15, 0.2) is 12.4 Å². The molecule has 1 unspecified atom stereocenters.